The van der Waals surface area contributed by atoms with Gasteiger partial charge in [0.2, 0.25) is 0 Å². The van der Waals surface area contributed by atoms with E-state index in [1.54, 1.807) is 0 Å². The van der Waals surface area contributed by atoms with E-state index in [0.717, 1.165) is 0 Å². The predicted molar refractivity (Wildman–Crippen MR) is 34.2 cm³/mol. The minimum absolute atomic E-state index is 0.443. The molecule has 1 heterocycles. The molecule has 0 aliphatic heterocycles. The average molecular weight is 140 g/mol. The Bertz CT molecular complexity index is 215. The molecule has 0 fully saturated rings. The van der Waals surface area contributed by atoms with Gasteiger partial charge in [0, 0.05) is 6.07 Å². The molecule has 1 rings (SSSR count). The van der Waals surface area contributed by atoms with E-state index >= 15 is 0 Å². The van der Waals surface area contributed by atoms with Gasteiger partial charge in [0.05, 0.1) is 12.8 Å². The average Bonchev–Trinajstić information content (AvgIpc) is 1.88. The Kier molecular flexibility index (Phi) is 2.20. The molecule has 0 saturated carbocycles. The Balaban J connectivity index is 2.75. The van der Waals surface area contributed by atoms with Crippen LogP contribution in [0.2, 0.25) is 0 Å². The van der Waals surface area contributed by atoms with Crippen molar-refractivity contribution in [1.29, 1.82) is 0 Å². The number of hydrogen-bond donors (Lipinski definition) is 0. The molecule has 1 aromatic rings. The van der Waals surface area contributed by atoms with Gasteiger partial charge in [-0.2, -0.15) is 0 Å². The highest BCUT2D eigenvalue weighted by atomic mass is 19.1. The lowest BCUT2D eigenvalue weighted by Crippen LogP contribution is -1.92. The summed E-state index contributed by atoms with van der Waals surface area (Å²) in [6.45, 7) is 2.35. The molecule has 0 aromatic carbocycles. The summed E-state index contributed by atoms with van der Waals surface area (Å²) < 4.78 is 17.3. The molecule has 53 valence electrons. The molecular weight excluding hydrogens is 133 g/mol. The van der Waals surface area contributed by atoms with Crippen LogP contribution in [0.3, 0.4) is 0 Å². The lowest BCUT2D eigenvalue weighted by Gasteiger charge is -1.99. The van der Waals surface area contributed by atoms with Crippen LogP contribution < -0.4 is 4.74 Å². The van der Waals surface area contributed by atoms with E-state index in [2.05, 4.69) is 11.2 Å². The minimum Gasteiger partial charge on any atom is -0.492 e. The molecule has 3 heteroatoms. The molecule has 0 unspecified atom stereocenters. The van der Waals surface area contributed by atoms with E-state index in [1.807, 2.05) is 6.92 Å². The topological polar surface area (TPSA) is 22.1 Å². The fraction of sp³-hybridized carbons (Fsp3) is 0.286. The summed E-state index contributed by atoms with van der Waals surface area (Å²) >= 11 is 0. The third kappa shape index (κ3) is 1.69. The van der Waals surface area contributed by atoms with E-state index in [9.17, 15) is 4.39 Å². The van der Waals surface area contributed by atoms with Crippen LogP contribution in [0.25, 0.3) is 0 Å². The van der Waals surface area contributed by atoms with Crippen molar-refractivity contribution in [2.75, 3.05) is 6.61 Å². The van der Waals surface area contributed by atoms with Crippen molar-refractivity contribution in [2.24, 2.45) is 0 Å². The van der Waals surface area contributed by atoms with E-state index in [-0.39, 0.29) is 0 Å². The molecule has 10 heavy (non-hydrogen) atoms. The van der Waals surface area contributed by atoms with Gasteiger partial charge in [-0.15, -0.1) is 0 Å². The molecule has 1 aromatic heterocycles. The summed E-state index contributed by atoms with van der Waals surface area (Å²) in [5.41, 5.74) is 0. The number of pyridine rings is 1. The first kappa shape index (κ1) is 6.99. The maximum atomic E-state index is 12.3. The largest absolute Gasteiger partial charge is 0.492 e. The molecule has 0 aliphatic carbocycles. The van der Waals surface area contributed by atoms with Gasteiger partial charge >= 0.3 is 0 Å². The van der Waals surface area contributed by atoms with Crippen molar-refractivity contribution in [3.05, 3.63) is 24.3 Å². The first-order valence-corrected chi connectivity index (χ1v) is 2.99. The van der Waals surface area contributed by atoms with Crippen LogP contribution in [0.15, 0.2) is 12.3 Å². The SMILES string of the molecule is CCOc1cn[c]c(F)c1. The van der Waals surface area contributed by atoms with Crippen molar-refractivity contribution in [2.45, 2.75) is 6.92 Å². The van der Waals surface area contributed by atoms with Crippen LogP contribution in [0.4, 0.5) is 4.39 Å². The van der Waals surface area contributed by atoms with E-state index in [1.165, 1.54) is 12.3 Å². The monoisotopic (exact) mass is 140 g/mol. The molecule has 2 nitrogen and oxygen atoms in total. The summed E-state index contributed by atoms with van der Waals surface area (Å²) in [4.78, 5) is 3.48. The molecule has 0 amide bonds. The zero-order valence-corrected chi connectivity index (χ0v) is 5.60. The van der Waals surface area contributed by atoms with Crippen LogP contribution >= 0.6 is 0 Å². The summed E-state index contributed by atoms with van der Waals surface area (Å²) in [7, 11) is 0. The third-order valence-corrected chi connectivity index (χ3v) is 0.943. The van der Waals surface area contributed by atoms with Crippen molar-refractivity contribution < 1.29 is 9.13 Å². The van der Waals surface area contributed by atoms with Gasteiger partial charge in [0.1, 0.15) is 11.9 Å². The molecule has 0 N–H and O–H groups in total. The summed E-state index contributed by atoms with van der Waals surface area (Å²) in [5, 5.41) is 0. The number of halogens is 1. The number of aromatic nitrogens is 1. The van der Waals surface area contributed by atoms with Crippen molar-refractivity contribution >= 4 is 0 Å². The fourth-order valence-corrected chi connectivity index (χ4v) is 0.598. The number of hydrogen-bond acceptors (Lipinski definition) is 2. The lowest BCUT2D eigenvalue weighted by atomic mass is 10.4. The van der Waals surface area contributed by atoms with E-state index in [4.69, 9.17) is 4.74 Å². The van der Waals surface area contributed by atoms with Crippen LogP contribution in [-0.4, -0.2) is 11.6 Å². The van der Waals surface area contributed by atoms with E-state index in [0.29, 0.717) is 12.4 Å². The maximum Gasteiger partial charge on any atom is 0.154 e. The number of rotatable bonds is 2. The van der Waals surface area contributed by atoms with Crippen LogP contribution in [0.5, 0.6) is 5.75 Å². The highest BCUT2D eigenvalue weighted by molar-refractivity contribution is 5.16. The first-order valence-electron chi connectivity index (χ1n) is 2.99. The van der Waals surface area contributed by atoms with Gasteiger partial charge in [-0.3, -0.25) is 0 Å². The van der Waals surface area contributed by atoms with Crippen molar-refractivity contribution in [3.8, 4) is 5.75 Å². The summed E-state index contributed by atoms with van der Waals surface area (Å²) in [6, 6.07) is 1.25. The Morgan fingerprint density at radius 3 is 3.20 bits per heavy atom. The van der Waals surface area contributed by atoms with Gasteiger partial charge in [0.25, 0.3) is 0 Å². The van der Waals surface area contributed by atoms with Crippen molar-refractivity contribution in [1.82, 2.24) is 4.98 Å². The molecular formula is C7H7FNO. The second kappa shape index (κ2) is 3.15. The zero-order chi connectivity index (χ0) is 7.40. The quantitative estimate of drug-likeness (QED) is 0.619. The molecule has 0 spiro atoms. The smallest absolute Gasteiger partial charge is 0.154 e. The van der Waals surface area contributed by atoms with Crippen molar-refractivity contribution in [3.63, 3.8) is 0 Å². The van der Waals surface area contributed by atoms with Crippen LogP contribution in [0, 0.1) is 12.0 Å². The lowest BCUT2D eigenvalue weighted by molar-refractivity contribution is 0.336. The summed E-state index contributed by atoms with van der Waals surface area (Å²) in [6.07, 6.45) is 3.56. The van der Waals surface area contributed by atoms with Gasteiger partial charge in [-0.25, -0.2) is 9.37 Å². The van der Waals surface area contributed by atoms with Gasteiger partial charge in [-0.1, -0.05) is 0 Å². The first-order chi connectivity index (χ1) is 4.83. The molecule has 1 radical (unpaired) electrons. The molecule has 0 aliphatic rings. The number of nitrogens with zero attached hydrogens (tertiary/aromatic N) is 1. The normalized spacial score (nSPS) is 9.40. The predicted octanol–water partition coefficient (Wildman–Crippen LogP) is 1.42. The zero-order valence-electron chi connectivity index (χ0n) is 5.60. The Hall–Kier alpha value is -1.12. The summed E-state index contributed by atoms with van der Waals surface area (Å²) in [5.74, 6) is -0.0512. The van der Waals surface area contributed by atoms with Crippen LogP contribution in [0.1, 0.15) is 6.92 Å². The molecule has 0 bridgehead atoms. The number of ether oxygens (including phenoxy) is 1. The maximum absolute atomic E-state index is 12.3. The second-order valence-corrected chi connectivity index (χ2v) is 1.70. The highest BCUT2D eigenvalue weighted by Gasteiger charge is 1.93. The second-order valence-electron chi connectivity index (χ2n) is 1.70. The van der Waals surface area contributed by atoms with Gasteiger partial charge < -0.3 is 4.74 Å². The molecule has 0 saturated heterocycles. The van der Waals surface area contributed by atoms with Gasteiger partial charge in [0.15, 0.2) is 5.82 Å². The standard InChI is InChI=1S/C7H7FNO/c1-2-10-7-3-6(8)4-9-5-7/h3,5H,2H2,1H3. The highest BCUT2D eigenvalue weighted by Crippen LogP contribution is 2.08. The third-order valence-electron chi connectivity index (χ3n) is 0.943. The Morgan fingerprint density at radius 2 is 2.60 bits per heavy atom. The van der Waals surface area contributed by atoms with Gasteiger partial charge in [-0.05, 0) is 6.92 Å². The van der Waals surface area contributed by atoms with Crippen LogP contribution in [-0.2, 0) is 0 Å². The fourth-order valence-electron chi connectivity index (χ4n) is 0.598. The van der Waals surface area contributed by atoms with E-state index < -0.39 is 5.82 Å². The minimum atomic E-state index is -0.494. The molecule has 0 atom stereocenters. The Morgan fingerprint density at radius 1 is 1.80 bits per heavy atom. The Labute approximate surface area is 58.7 Å².